The summed E-state index contributed by atoms with van der Waals surface area (Å²) in [5.74, 6) is 0. The summed E-state index contributed by atoms with van der Waals surface area (Å²) in [6.07, 6.45) is 0. The van der Waals surface area contributed by atoms with Crippen LogP contribution in [0.5, 0.6) is 0 Å². The zero-order valence-electron chi connectivity index (χ0n) is 35.9. The van der Waals surface area contributed by atoms with Gasteiger partial charge in [0.2, 0.25) is 0 Å². The molecule has 0 radical (unpaired) electrons. The molecular formula is C54H47N7. The van der Waals surface area contributed by atoms with Crippen LogP contribution in [0.3, 0.4) is 0 Å². The lowest BCUT2D eigenvalue weighted by Gasteiger charge is -2.26. The zero-order valence-corrected chi connectivity index (χ0v) is 35.9. The fourth-order valence-corrected chi connectivity index (χ4v) is 9.80. The number of rotatable bonds is 6. The minimum absolute atomic E-state index is 0.0215. The van der Waals surface area contributed by atoms with Crippen LogP contribution in [0.25, 0.3) is 44.5 Å². The standard InChI is InChI=1S/C54H47N7/c1-51(2)40-18-13-12-17-38(40)39-31-35(25-28-41(39)51)32-21-23-34(24-22-32)37-27-30-45(50-47(37)57-54(7,8)60-50)61(43-20-14-19-42-48(43)58-52(3,4)55-42)44-29-26-36(33-15-10-9-11-16-33)46-49(44)59-53(5,6)56-46/h9-31H,1-8H3. The van der Waals surface area contributed by atoms with E-state index in [1.54, 1.807) is 0 Å². The van der Waals surface area contributed by atoms with Crippen LogP contribution >= 0.6 is 0 Å². The molecule has 3 heterocycles. The normalized spacial score (nSPS) is 17.2. The van der Waals surface area contributed by atoms with Gasteiger partial charge in [-0.2, -0.15) is 0 Å². The minimum atomic E-state index is -0.672. The Hall–Kier alpha value is -6.86. The van der Waals surface area contributed by atoms with Gasteiger partial charge in [-0.25, -0.2) is 0 Å². The third kappa shape index (κ3) is 5.93. The number of para-hydroxylation sites is 1. The van der Waals surface area contributed by atoms with Crippen molar-refractivity contribution in [3.8, 4) is 44.5 Å². The summed E-state index contributed by atoms with van der Waals surface area (Å²) >= 11 is 0. The van der Waals surface area contributed by atoms with Crippen LogP contribution in [0.2, 0.25) is 0 Å². The van der Waals surface area contributed by atoms with Crippen molar-refractivity contribution < 1.29 is 0 Å². The highest BCUT2D eigenvalue weighted by atomic mass is 15.2. The van der Waals surface area contributed by atoms with Crippen molar-refractivity contribution in [1.82, 2.24) is 0 Å². The SMILES string of the molecule is CC1(C)N=c2cccc(N(c3ccc(-c4ccccc4)c4c3=NC(C)(C)N=4)c3ccc(-c4ccc(-c5ccc6c(c5)-c5ccccc5C6(C)C)cc4)c4c3=NC(C)(C)N=4)c2=N1. The first kappa shape index (κ1) is 37.2. The molecule has 7 nitrogen and oxygen atoms in total. The Labute approximate surface area is 355 Å². The Morgan fingerprint density at radius 3 is 1.48 bits per heavy atom. The average molecular weight is 794 g/mol. The summed E-state index contributed by atoms with van der Waals surface area (Å²) in [6.45, 7) is 17.0. The second-order valence-electron chi connectivity index (χ2n) is 18.7. The number of nitrogens with zero attached hydrogens (tertiary/aromatic N) is 7. The van der Waals surface area contributed by atoms with E-state index >= 15 is 0 Å². The Morgan fingerprint density at radius 2 is 0.820 bits per heavy atom. The van der Waals surface area contributed by atoms with Gasteiger partial charge in [0.1, 0.15) is 33.1 Å². The molecule has 4 aliphatic rings. The number of fused-ring (bicyclic) bond motifs is 6. The van der Waals surface area contributed by atoms with E-state index in [1.165, 1.54) is 33.4 Å². The Balaban J connectivity index is 1.08. The molecule has 0 saturated heterocycles. The summed E-state index contributed by atoms with van der Waals surface area (Å²) < 4.78 is 0. The predicted molar refractivity (Wildman–Crippen MR) is 244 cm³/mol. The van der Waals surface area contributed by atoms with Gasteiger partial charge in [-0.05, 0) is 129 Å². The molecule has 0 unspecified atom stereocenters. The molecule has 7 aromatic rings. The molecule has 61 heavy (non-hydrogen) atoms. The molecule has 0 spiro atoms. The van der Waals surface area contributed by atoms with Crippen LogP contribution in [-0.2, 0) is 5.41 Å². The lowest BCUT2D eigenvalue weighted by atomic mass is 9.82. The van der Waals surface area contributed by atoms with E-state index < -0.39 is 17.0 Å². The topological polar surface area (TPSA) is 77.4 Å². The van der Waals surface area contributed by atoms with E-state index in [-0.39, 0.29) is 5.41 Å². The number of hydrogen-bond acceptors (Lipinski definition) is 7. The van der Waals surface area contributed by atoms with Crippen molar-refractivity contribution in [3.05, 3.63) is 183 Å². The molecule has 7 aromatic carbocycles. The van der Waals surface area contributed by atoms with E-state index in [1.807, 2.05) is 26.0 Å². The summed E-state index contributed by atoms with van der Waals surface area (Å²) in [5.41, 5.74) is 12.8. The second-order valence-corrected chi connectivity index (χ2v) is 18.7. The van der Waals surface area contributed by atoms with Crippen molar-refractivity contribution in [3.63, 3.8) is 0 Å². The lowest BCUT2D eigenvalue weighted by molar-refractivity contribution is 0.549. The molecule has 0 aromatic heterocycles. The van der Waals surface area contributed by atoms with Crippen LogP contribution in [0, 0.1) is 0 Å². The first-order chi connectivity index (χ1) is 29.2. The van der Waals surface area contributed by atoms with Crippen molar-refractivity contribution in [2.75, 3.05) is 4.90 Å². The first-order valence-corrected chi connectivity index (χ1v) is 21.2. The summed E-state index contributed by atoms with van der Waals surface area (Å²) in [5, 5.41) is 5.10. The van der Waals surface area contributed by atoms with Crippen LogP contribution in [0.1, 0.15) is 66.5 Å². The van der Waals surface area contributed by atoms with Crippen LogP contribution in [-0.4, -0.2) is 17.0 Å². The molecule has 0 atom stereocenters. The Bertz CT molecular complexity index is 3420. The van der Waals surface area contributed by atoms with E-state index in [4.69, 9.17) is 30.0 Å². The Morgan fingerprint density at radius 1 is 0.328 bits per heavy atom. The van der Waals surface area contributed by atoms with Crippen LogP contribution in [0.4, 0.5) is 17.1 Å². The van der Waals surface area contributed by atoms with Gasteiger partial charge in [0, 0.05) is 16.5 Å². The monoisotopic (exact) mass is 793 g/mol. The molecular weight excluding hydrogens is 747 g/mol. The molecule has 3 aliphatic heterocycles. The van der Waals surface area contributed by atoms with Gasteiger partial charge in [0.25, 0.3) is 0 Å². The van der Waals surface area contributed by atoms with Crippen molar-refractivity contribution >= 4 is 17.1 Å². The largest absolute Gasteiger partial charge is 0.304 e. The molecule has 0 amide bonds. The van der Waals surface area contributed by atoms with Crippen molar-refractivity contribution in [2.24, 2.45) is 30.0 Å². The Kier molecular flexibility index (Phi) is 7.81. The summed E-state index contributed by atoms with van der Waals surface area (Å²) in [6, 6.07) is 50.1. The van der Waals surface area contributed by atoms with Gasteiger partial charge < -0.3 is 4.90 Å². The molecule has 0 fully saturated rings. The molecule has 0 bridgehead atoms. The molecule has 0 saturated carbocycles. The second kappa shape index (κ2) is 12.8. The van der Waals surface area contributed by atoms with Gasteiger partial charge in [-0.3, -0.25) is 30.0 Å². The van der Waals surface area contributed by atoms with Crippen LogP contribution in [0.15, 0.2) is 169 Å². The predicted octanol–water partition coefficient (Wildman–Crippen LogP) is 9.43. The molecule has 0 N–H and O–H groups in total. The van der Waals surface area contributed by atoms with Crippen molar-refractivity contribution in [1.29, 1.82) is 0 Å². The van der Waals surface area contributed by atoms with E-state index in [0.29, 0.717) is 0 Å². The van der Waals surface area contributed by atoms with Gasteiger partial charge in [-0.15, -0.1) is 0 Å². The van der Waals surface area contributed by atoms with Gasteiger partial charge in [0.15, 0.2) is 0 Å². The first-order valence-electron chi connectivity index (χ1n) is 21.2. The molecule has 7 heteroatoms. The third-order valence-electron chi connectivity index (χ3n) is 12.5. The zero-order chi connectivity index (χ0) is 42.1. The molecule has 1 aliphatic carbocycles. The summed E-state index contributed by atoms with van der Waals surface area (Å²) in [4.78, 5) is 33.7. The highest BCUT2D eigenvalue weighted by Gasteiger charge is 2.35. The number of anilines is 3. The van der Waals surface area contributed by atoms with E-state index in [0.717, 1.165) is 71.5 Å². The molecule has 11 rings (SSSR count). The minimum Gasteiger partial charge on any atom is -0.304 e. The maximum absolute atomic E-state index is 5.36. The lowest BCUT2D eigenvalue weighted by Crippen LogP contribution is -2.38. The summed E-state index contributed by atoms with van der Waals surface area (Å²) in [7, 11) is 0. The highest BCUT2D eigenvalue weighted by molar-refractivity contribution is 5.85. The van der Waals surface area contributed by atoms with Gasteiger partial charge in [0.05, 0.1) is 33.1 Å². The maximum atomic E-state index is 5.36. The van der Waals surface area contributed by atoms with Crippen LogP contribution < -0.4 is 37.0 Å². The average Bonchev–Trinajstić information content (AvgIpc) is 3.93. The smallest absolute Gasteiger partial charge is 0.146 e. The van der Waals surface area contributed by atoms with Gasteiger partial charge >= 0.3 is 0 Å². The molecule has 298 valence electrons. The maximum Gasteiger partial charge on any atom is 0.146 e. The fraction of sp³-hybridized carbons (Fsp3) is 0.222. The number of benzene rings is 7. The number of hydrogen-bond donors (Lipinski definition) is 0. The van der Waals surface area contributed by atoms with Crippen molar-refractivity contribution in [2.45, 2.75) is 77.8 Å². The van der Waals surface area contributed by atoms with E-state index in [2.05, 4.69) is 174 Å². The highest BCUT2D eigenvalue weighted by Crippen LogP contribution is 2.49. The third-order valence-corrected chi connectivity index (χ3v) is 12.5. The van der Waals surface area contributed by atoms with Gasteiger partial charge in [-0.1, -0.05) is 111 Å². The van der Waals surface area contributed by atoms with E-state index in [9.17, 15) is 0 Å². The fourth-order valence-electron chi connectivity index (χ4n) is 9.80. The quantitative estimate of drug-likeness (QED) is 0.165.